The van der Waals surface area contributed by atoms with E-state index in [1.54, 1.807) is 14.0 Å². The van der Waals surface area contributed by atoms with Crippen molar-refractivity contribution < 1.29 is 24.2 Å². The molecule has 3 aliphatic heterocycles. The van der Waals surface area contributed by atoms with Crippen LogP contribution in [0.1, 0.15) is 45.6 Å². The predicted molar refractivity (Wildman–Crippen MR) is 133 cm³/mol. The highest BCUT2D eigenvalue weighted by Gasteiger charge is 2.77. The van der Waals surface area contributed by atoms with Gasteiger partial charge in [0.1, 0.15) is 17.5 Å². The topological polar surface area (TPSA) is 91.3 Å². The maximum absolute atomic E-state index is 12.8. The van der Waals surface area contributed by atoms with E-state index >= 15 is 0 Å². The number of esters is 1. The Morgan fingerprint density at radius 1 is 1.26 bits per heavy atom. The van der Waals surface area contributed by atoms with Gasteiger partial charge >= 0.3 is 5.97 Å². The van der Waals surface area contributed by atoms with Crippen LogP contribution >= 0.6 is 0 Å². The number of anilines is 1. The standard InChI is InChI=1S/C27H37N3O5/c1-6-21(32)28-16-27(33)23-26(19-10-9-18(34-5)15-20(19)29(23)4)12-14-30-13-8-11-25(7-2,22(26)30)24(27)35-17(3)31/h8-11,15,22-24,33H,6-7,12-14,16H2,1-5H3,(H,28,32)/t22-,23+,24+,25+,26+,27-/m0/s1. The first kappa shape index (κ1) is 24.1. The molecular formula is C27H37N3O5. The third kappa shape index (κ3) is 3.05. The highest BCUT2D eigenvalue weighted by atomic mass is 16.6. The van der Waals surface area contributed by atoms with Crippen molar-refractivity contribution in [2.75, 3.05) is 38.7 Å². The van der Waals surface area contributed by atoms with Crippen molar-refractivity contribution in [2.24, 2.45) is 5.41 Å². The fourth-order valence-electron chi connectivity index (χ4n) is 8.01. The van der Waals surface area contributed by atoms with Gasteiger partial charge in [-0.2, -0.15) is 0 Å². The van der Waals surface area contributed by atoms with Crippen LogP contribution in [0.25, 0.3) is 0 Å². The summed E-state index contributed by atoms with van der Waals surface area (Å²) in [5, 5.41) is 15.7. The number of fused-ring (bicyclic) bond motifs is 1. The lowest BCUT2D eigenvalue weighted by molar-refractivity contribution is -0.217. The maximum atomic E-state index is 12.8. The molecule has 6 atom stereocenters. The van der Waals surface area contributed by atoms with E-state index in [1.807, 2.05) is 19.2 Å². The van der Waals surface area contributed by atoms with Crippen LogP contribution in [-0.4, -0.2) is 79.5 Å². The quantitative estimate of drug-likeness (QED) is 0.472. The summed E-state index contributed by atoms with van der Waals surface area (Å²) in [6.45, 7) is 7.01. The number of nitrogens with zero attached hydrogens (tertiary/aromatic N) is 2. The van der Waals surface area contributed by atoms with E-state index in [-0.39, 0.29) is 18.5 Å². The average molecular weight is 484 g/mol. The van der Waals surface area contributed by atoms with Crippen molar-refractivity contribution in [1.82, 2.24) is 10.2 Å². The Labute approximate surface area is 207 Å². The molecule has 4 aliphatic rings. The summed E-state index contributed by atoms with van der Waals surface area (Å²) < 4.78 is 11.6. The van der Waals surface area contributed by atoms with E-state index in [9.17, 15) is 14.7 Å². The number of likely N-dealkylation sites (N-methyl/N-ethyl adjacent to an activating group) is 1. The number of nitrogens with one attached hydrogen (secondary N) is 1. The average Bonchev–Trinajstić information content (AvgIpc) is 3.36. The Morgan fingerprint density at radius 3 is 2.69 bits per heavy atom. The molecule has 8 heteroatoms. The number of hydrogen-bond acceptors (Lipinski definition) is 7. The molecule has 0 unspecified atom stereocenters. The number of hydrogen-bond donors (Lipinski definition) is 2. The fraction of sp³-hybridized carbons (Fsp3) is 0.630. The number of carbonyl (C=O) groups excluding carboxylic acids is 2. The third-order valence-electron chi connectivity index (χ3n) is 9.11. The summed E-state index contributed by atoms with van der Waals surface area (Å²) in [4.78, 5) is 29.5. The van der Waals surface area contributed by atoms with E-state index in [4.69, 9.17) is 9.47 Å². The number of aliphatic hydroxyl groups is 1. The van der Waals surface area contributed by atoms with Crippen molar-refractivity contribution in [3.63, 3.8) is 0 Å². The summed E-state index contributed by atoms with van der Waals surface area (Å²) in [6.07, 6.45) is 5.37. The third-order valence-corrected chi connectivity index (χ3v) is 9.11. The van der Waals surface area contributed by atoms with E-state index in [2.05, 4.69) is 40.3 Å². The molecule has 8 nitrogen and oxygen atoms in total. The van der Waals surface area contributed by atoms with E-state index in [0.29, 0.717) is 12.8 Å². The van der Waals surface area contributed by atoms with Crippen molar-refractivity contribution >= 4 is 17.6 Å². The van der Waals surface area contributed by atoms with Gasteiger partial charge < -0.3 is 24.8 Å². The van der Waals surface area contributed by atoms with Crippen LogP contribution in [-0.2, 0) is 19.7 Å². The summed E-state index contributed by atoms with van der Waals surface area (Å²) >= 11 is 0. The molecule has 0 aromatic heterocycles. The minimum Gasteiger partial charge on any atom is -0.497 e. The molecule has 1 spiro atoms. The molecule has 190 valence electrons. The molecule has 0 bridgehead atoms. The Bertz CT molecular complexity index is 1070. The zero-order valence-corrected chi connectivity index (χ0v) is 21.3. The number of rotatable bonds is 6. The first-order valence-electron chi connectivity index (χ1n) is 12.7. The molecule has 5 rings (SSSR count). The number of ether oxygens (including phenoxy) is 2. The highest BCUT2D eigenvalue weighted by molar-refractivity contribution is 5.76. The van der Waals surface area contributed by atoms with Crippen LogP contribution in [0.15, 0.2) is 30.4 Å². The van der Waals surface area contributed by atoms with Gasteiger partial charge in [-0.15, -0.1) is 0 Å². The molecule has 35 heavy (non-hydrogen) atoms. The lowest BCUT2D eigenvalue weighted by atomic mass is 9.47. The van der Waals surface area contributed by atoms with Crippen LogP contribution in [0.4, 0.5) is 5.69 Å². The Balaban J connectivity index is 1.79. The number of methoxy groups -OCH3 is 1. The molecule has 1 aromatic rings. The van der Waals surface area contributed by atoms with Gasteiger partial charge in [-0.25, -0.2) is 0 Å². The van der Waals surface area contributed by atoms with Crippen LogP contribution in [0.5, 0.6) is 5.75 Å². The van der Waals surface area contributed by atoms with Gasteiger partial charge in [-0.1, -0.05) is 32.1 Å². The summed E-state index contributed by atoms with van der Waals surface area (Å²) in [6, 6.07) is 5.81. The Kier molecular flexibility index (Phi) is 5.68. The van der Waals surface area contributed by atoms with Crippen molar-refractivity contribution in [3.05, 3.63) is 35.9 Å². The molecule has 1 aliphatic carbocycles. The molecule has 0 radical (unpaired) electrons. The van der Waals surface area contributed by atoms with Crippen molar-refractivity contribution in [3.8, 4) is 5.75 Å². The zero-order chi connectivity index (χ0) is 25.2. The Morgan fingerprint density at radius 2 is 2.03 bits per heavy atom. The molecule has 3 heterocycles. The normalized spacial score (nSPS) is 36.9. The monoisotopic (exact) mass is 483 g/mol. The van der Waals surface area contributed by atoms with Crippen molar-refractivity contribution in [1.29, 1.82) is 0 Å². The van der Waals surface area contributed by atoms with Gasteiger partial charge in [0, 0.05) is 55.6 Å². The van der Waals surface area contributed by atoms with E-state index in [0.717, 1.165) is 30.9 Å². The Hall–Kier alpha value is -2.58. The number of carbonyl (C=O) groups is 2. The number of amides is 1. The van der Waals surface area contributed by atoms with Crippen LogP contribution < -0.4 is 15.0 Å². The largest absolute Gasteiger partial charge is 0.497 e. The van der Waals surface area contributed by atoms with E-state index in [1.165, 1.54) is 12.5 Å². The molecule has 1 aromatic carbocycles. The van der Waals surface area contributed by atoms with Gasteiger partial charge in [0.05, 0.1) is 19.7 Å². The summed E-state index contributed by atoms with van der Waals surface area (Å²) in [7, 11) is 3.65. The molecular weight excluding hydrogens is 446 g/mol. The van der Waals surface area contributed by atoms with E-state index < -0.39 is 34.5 Å². The second-order valence-corrected chi connectivity index (χ2v) is 10.6. The molecule has 1 saturated carbocycles. The first-order valence-corrected chi connectivity index (χ1v) is 12.7. The SMILES string of the molecule is CCC(=O)NC[C@@]1(O)[C@H](OC(C)=O)[C@]2(CC)C=CCN3CC[C@@]4(c5ccc(OC)cc5N(C)[C@@H]14)[C@@H]32. The van der Waals surface area contributed by atoms with Crippen molar-refractivity contribution in [2.45, 2.75) is 69.2 Å². The molecule has 1 saturated heterocycles. The maximum Gasteiger partial charge on any atom is 0.303 e. The molecule has 1 amide bonds. The summed E-state index contributed by atoms with van der Waals surface area (Å²) in [5.74, 6) is 0.179. The highest BCUT2D eigenvalue weighted by Crippen LogP contribution is 2.67. The minimum atomic E-state index is -1.53. The molecule has 2 fully saturated rings. The van der Waals surface area contributed by atoms with Crippen LogP contribution in [0.2, 0.25) is 0 Å². The second kappa shape index (κ2) is 8.23. The van der Waals surface area contributed by atoms with Gasteiger partial charge in [-0.05, 0) is 31.0 Å². The predicted octanol–water partition coefficient (Wildman–Crippen LogP) is 1.99. The zero-order valence-electron chi connectivity index (χ0n) is 21.3. The fourth-order valence-corrected chi connectivity index (χ4v) is 8.01. The van der Waals surface area contributed by atoms with Crippen LogP contribution in [0, 0.1) is 5.41 Å². The second-order valence-electron chi connectivity index (χ2n) is 10.6. The van der Waals surface area contributed by atoms with Gasteiger partial charge in [0.2, 0.25) is 5.91 Å². The van der Waals surface area contributed by atoms with Crippen LogP contribution in [0.3, 0.4) is 0 Å². The van der Waals surface area contributed by atoms with Gasteiger partial charge in [-0.3, -0.25) is 14.5 Å². The number of benzene rings is 1. The minimum absolute atomic E-state index is 0.00180. The lowest BCUT2D eigenvalue weighted by Crippen LogP contribution is -2.81. The molecule has 2 N–H and O–H groups in total. The lowest BCUT2D eigenvalue weighted by Gasteiger charge is -2.64. The van der Waals surface area contributed by atoms with Gasteiger partial charge in [0.15, 0.2) is 0 Å². The smallest absolute Gasteiger partial charge is 0.303 e. The van der Waals surface area contributed by atoms with Gasteiger partial charge in [0.25, 0.3) is 0 Å². The first-order chi connectivity index (χ1) is 16.7. The summed E-state index contributed by atoms with van der Waals surface area (Å²) in [5.41, 5.74) is -0.334.